The fourth-order valence-electron chi connectivity index (χ4n) is 0.796. The van der Waals surface area contributed by atoms with E-state index in [-0.39, 0.29) is 5.56 Å². The van der Waals surface area contributed by atoms with Crippen molar-refractivity contribution in [3.05, 3.63) is 23.8 Å². The molecule has 1 rings (SSSR count). The third-order valence-corrected chi connectivity index (χ3v) is 1.48. The van der Waals surface area contributed by atoms with Gasteiger partial charge in [0.05, 0.1) is 0 Å². The minimum absolute atomic E-state index is 0.321. The number of hydrogen-bond acceptors (Lipinski definition) is 2. The van der Waals surface area contributed by atoms with E-state index >= 15 is 0 Å². The third kappa shape index (κ3) is 1.64. The summed E-state index contributed by atoms with van der Waals surface area (Å²) in [5.41, 5.74) is -0.321. The Morgan fingerprint density at radius 2 is 1.75 bits per heavy atom. The summed E-state index contributed by atoms with van der Waals surface area (Å²) in [5.74, 6) is -3.93. The molecule has 0 unspecified atom stereocenters. The Morgan fingerprint density at radius 3 is 2.17 bits per heavy atom. The molecule has 1 aromatic carbocycles. The maximum atomic E-state index is 12.6. The van der Waals surface area contributed by atoms with Crippen LogP contribution in [0.25, 0.3) is 0 Å². The molecule has 4 heteroatoms. The van der Waals surface area contributed by atoms with Crippen molar-refractivity contribution < 1.29 is 19.0 Å². The molecule has 12 heavy (non-hydrogen) atoms. The van der Waals surface area contributed by atoms with Crippen molar-refractivity contribution in [3.63, 3.8) is 0 Å². The molecule has 0 atom stereocenters. The highest BCUT2D eigenvalue weighted by molar-refractivity contribution is 5.41. The van der Waals surface area contributed by atoms with Gasteiger partial charge in [0.2, 0.25) is 0 Å². The average molecular weight is 174 g/mol. The largest absolute Gasteiger partial charge is 0.504 e. The number of phenolic OH excluding ortho intramolecular Hbond substituents is 2. The van der Waals surface area contributed by atoms with Crippen LogP contribution in [0, 0.1) is 0 Å². The molecule has 2 N–H and O–H groups in total. The zero-order valence-electron chi connectivity index (χ0n) is 6.38. The maximum Gasteiger partial charge on any atom is 0.270 e. The summed E-state index contributed by atoms with van der Waals surface area (Å²) in [6, 6.07) is 2.94. The van der Waals surface area contributed by atoms with E-state index in [1.54, 1.807) is 0 Å². The Kier molecular flexibility index (Phi) is 1.92. The van der Waals surface area contributed by atoms with Crippen molar-refractivity contribution in [2.24, 2.45) is 0 Å². The number of aromatic hydroxyl groups is 2. The van der Waals surface area contributed by atoms with Crippen LogP contribution in [-0.4, -0.2) is 10.2 Å². The molecule has 0 heterocycles. The Morgan fingerprint density at radius 1 is 1.17 bits per heavy atom. The molecule has 0 bridgehead atoms. The van der Waals surface area contributed by atoms with Gasteiger partial charge in [0.1, 0.15) is 0 Å². The highest BCUT2D eigenvalue weighted by Gasteiger charge is 2.24. The van der Waals surface area contributed by atoms with Gasteiger partial charge in [-0.3, -0.25) is 0 Å². The van der Waals surface area contributed by atoms with Crippen molar-refractivity contribution in [3.8, 4) is 11.5 Å². The quantitative estimate of drug-likeness (QED) is 0.641. The molecule has 2 nitrogen and oxygen atoms in total. The van der Waals surface area contributed by atoms with Crippen LogP contribution >= 0.6 is 0 Å². The lowest BCUT2D eigenvalue weighted by atomic mass is 10.1. The molecule has 0 aliphatic rings. The molecule has 0 radical (unpaired) electrons. The second kappa shape index (κ2) is 2.62. The lowest BCUT2D eigenvalue weighted by molar-refractivity contribution is 0.0172. The zero-order valence-corrected chi connectivity index (χ0v) is 6.38. The smallest absolute Gasteiger partial charge is 0.270 e. The summed E-state index contributed by atoms with van der Waals surface area (Å²) < 4.78 is 25.1. The molecule has 66 valence electrons. The van der Waals surface area contributed by atoms with E-state index in [2.05, 4.69) is 0 Å². The standard InChI is InChI=1S/C8H8F2O2/c1-8(9,10)5-2-3-6(11)7(12)4-5/h2-4,11-12H,1H3. The number of alkyl halides is 2. The van der Waals surface area contributed by atoms with Crippen molar-refractivity contribution in [1.82, 2.24) is 0 Å². The number of halogens is 2. The summed E-state index contributed by atoms with van der Waals surface area (Å²) in [7, 11) is 0. The molecule has 0 amide bonds. The lowest BCUT2D eigenvalue weighted by Crippen LogP contribution is -2.05. The summed E-state index contributed by atoms with van der Waals surface area (Å²) in [4.78, 5) is 0. The van der Waals surface area contributed by atoms with Crippen LogP contribution < -0.4 is 0 Å². The topological polar surface area (TPSA) is 40.5 Å². The van der Waals surface area contributed by atoms with Gasteiger partial charge >= 0.3 is 0 Å². The number of phenols is 2. The zero-order chi connectivity index (χ0) is 9.35. The van der Waals surface area contributed by atoms with Crippen molar-refractivity contribution in [2.45, 2.75) is 12.8 Å². The normalized spacial score (nSPS) is 11.6. The summed E-state index contributed by atoms with van der Waals surface area (Å²) in [6.07, 6.45) is 0. The van der Waals surface area contributed by atoms with Gasteiger partial charge in [0.15, 0.2) is 11.5 Å². The molecule has 0 aromatic heterocycles. The van der Waals surface area contributed by atoms with Gasteiger partial charge in [-0.2, -0.15) is 0 Å². The molecular formula is C8H8F2O2. The van der Waals surface area contributed by atoms with E-state index in [1.165, 1.54) is 0 Å². The Labute approximate surface area is 68.1 Å². The van der Waals surface area contributed by atoms with Gasteiger partial charge < -0.3 is 10.2 Å². The number of rotatable bonds is 1. The highest BCUT2D eigenvalue weighted by atomic mass is 19.3. The monoisotopic (exact) mass is 174 g/mol. The first-order chi connectivity index (χ1) is 5.41. The Balaban J connectivity index is 3.14. The van der Waals surface area contributed by atoms with E-state index in [4.69, 9.17) is 10.2 Å². The number of hydrogen-bond donors (Lipinski definition) is 2. The van der Waals surface area contributed by atoms with Crippen LogP contribution in [0.4, 0.5) is 8.78 Å². The van der Waals surface area contributed by atoms with Crippen LogP contribution in [0.5, 0.6) is 11.5 Å². The van der Waals surface area contributed by atoms with E-state index in [0.29, 0.717) is 0 Å². The molecule has 0 fully saturated rings. The van der Waals surface area contributed by atoms with E-state index in [9.17, 15) is 8.78 Å². The minimum atomic E-state index is -2.99. The van der Waals surface area contributed by atoms with E-state index in [0.717, 1.165) is 25.1 Å². The van der Waals surface area contributed by atoms with Gasteiger partial charge in [0.25, 0.3) is 5.92 Å². The van der Waals surface area contributed by atoms with Crippen LogP contribution in [0.1, 0.15) is 12.5 Å². The van der Waals surface area contributed by atoms with Crippen LogP contribution in [0.15, 0.2) is 18.2 Å². The molecule has 0 aliphatic heterocycles. The van der Waals surface area contributed by atoms with Gasteiger partial charge in [-0.05, 0) is 18.2 Å². The molecule has 1 aromatic rings. The van der Waals surface area contributed by atoms with E-state index in [1.807, 2.05) is 0 Å². The predicted octanol–water partition coefficient (Wildman–Crippen LogP) is 2.21. The summed E-state index contributed by atoms with van der Waals surface area (Å²) in [6.45, 7) is 0.721. The Hall–Kier alpha value is -1.32. The third-order valence-electron chi connectivity index (χ3n) is 1.48. The van der Waals surface area contributed by atoms with Gasteiger partial charge in [-0.15, -0.1) is 0 Å². The van der Waals surface area contributed by atoms with Gasteiger partial charge in [0, 0.05) is 12.5 Å². The minimum Gasteiger partial charge on any atom is -0.504 e. The summed E-state index contributed by atoms with van der Waals surface area (Å²) >= 11 is 0. The van der Waals surface area contributed by atoms with Crippen LogP contribution in [0.3, 0.4) is 0 Å². The first kappa shape index (κ1) is 8.77. The Bertz CT molecular complexity index is 292. The van der Waals surface area contributed by atoms with Crippen molar-refractivity contribution in [1.29, 1.82) is 0 Å². The van der Waals surface area contributed by atoms with E-state index < -0.39 is 17.4 Å². The average Bonchev–Trinajstić information content (AvgIpc) is 1.92. The highest BCUT2D eigenvalue weighted by Crippen LogP contribution is 2.33. The summed E-state index contributed by atoms with van der Waals surface area (Å²) in [5, 5.41) is 17.7. The first-order valence-electron chi connectivity index (χ1n) is 3.31. The maximum absolute atomic E-state index is 12.6. The van der Waals surface area contributed by atoms with Crippen LogP contribution in [0.2, 0.25) is 0 Å². The first-order valence-corrected chi connectivity index (χ1v) is 3.31. The van der Waals surface area contributed by atoms with Gasteiger partial charge in [-0.25, -0.2) is 8.78 Å². The van der Waals surface area contributed by atoms with Gasteiger partial charge in [-0.1, -0.05) is 0 Å². The molecule has 0 aliphatic carbocycles. The lowest BCUT2D eigenvalue weighted by Gasteiger charge is -2.10. The second-order valence-electron chi connectivity index (χ2n) is 2.59. The molecule has 0 saturated heterocycles. The molecule has 0 spiro atoms. The van der Waals surface area contributed by atoms with Crippen molar-refractivity contribution in [2.75, 3.05) is 0 Å². The fraction of sp³-hybridized carbons (Fsp3) is 0.250. The number of benzene rings is 1. The second-order valence-corrected chi connectivity index (χ2v) is 2.59. The molecule has 0 saturated carbocycles. The fourth-order valence-corrected chi connectivity index (χ4v) is 0.796. The molecular weight excluding hydrogens is 166 g/mol. The van der Waals surface area contributed by atoms with Crippen molar-refractivity contribution >= 4 is 0 Å². The predicted molar refractivity (Wildman–Crippen MR) is 39.3 cm³/mol. The SMILES string of the molecule is CC(F)(F)c1ccc(O)c(O)c1. The van der Waals surface area contributed by atoms with Crippen LogP contribution in [-0.2, 0) is 5.92 Å².